The molecule has 0 saturated heterocycles. The molecule has 3 saturated carbocycles. The molecule has 3 aromatic rings. The van der Waals surface area contributed by atoms with Crippen LogP contribution >= 0.6 is 0 Å². The number of nitrogens with zero attached hydrogens (tertiary/aromatic N) is 4. The van der Waals surface area contributed by atoms with E-state index in [-0.39, 0.29) is 17.9 Å². The number of ether oxygens (including phenoxy) is 2. The topological polar surface area (TPSA) is 134 Å². The average molecular weight is 588 g/mol. The molecule has 0 atom stereocenters. The van der Waals surface area contributed by atoms with Crippen molar-refractivity contribution >= 4 is 17.8 Å². The molecule has 3 heterocycles. The van der Waals surface area contributed by atoms with Crippen LogP contribution in [0.1, 0.15) is 93.3 Å². The lowest BCUT2D eigenvalue weighted by Gasteiger charge is -2.35. The second-order valence-corrected chi connectivity index (χ2v) is 12.3. The van der Waals surface area contributed by atoms with Gasteiger partial charge in [-0.3, -0.25) is 14.7 Å². The number of rotatable bonds is 9. The van der Waals surface area contributed by atoms with Crippen LogP contribution in [0.4, 0.5) is 10.6 Å². The van der Waals surface area contributed by atoms with Crippen molar-refractivity contribution in [1.82, 2.24) is 15.0 Å². The van der Waals surface area contributed by atoms with E-state index in [0.29, 0.717) is 55.8 Å². The van der Waals surface area contributed by atoms with E-state index in [1.54, 1.807) is 19.6 Å². The van der Waals surface area contributed by atoms with Crippen LogP contribution in [0.15, 0.2) is 41.1 Å². The van der Waals surface area contributed by atoms with Crippen LogP contribution in [-0.4, -0.2) is 46.7 Å². The number of amides is 2. The summed E-state index contributed by atoms with van der Waals surface area (Å²) in [5, 5.41) is 0. The van der Waals surface area contributed by atoms with Crippen molar-refractivity contribution in [1.29, 1.82) is 0 Å². The Kier molecular flexibility index (Phi) is 8.63. The molecule has 0 aromatic carbocycles. The standard InChI is InChI=1S/C33H41N5O5/c1-20-29(41-2)14-13-27(36-20)22-5-3-21(4-6-22)18-38(32(39)24-9-11-26(12-10-24)43-33(34)40)30-17-25(15-16-35-30)28-19-42-31(37-28)23-7-8-23/h13-17,19,21-24,26H,3-12,18H2,1-2H3,(H2,34,40)/t21-,22-,24-,26-. The number of carbonyl (C=O) groups excluding carboxylic acids is 2. The summed E-state index contributed by atoms with van der Waals surface area (Å²) in [5.41, 5.74) is 8.92. The zero-order valence-electron chi connectivity index (χ0n) is 25.0. The van der Waals surface area contributed by atoms with Crippen LogP contribution < -0.4 is 15.4 Å². The summed E-state index contributed by atoms with van der Waals surface area (Å²) in [6, 6.07) is 7.97. The Morgan fingerprint density at radius 2 is 1.72 bits per heavy atom. The van der Waals surface area contributed by atoms with Crippen LogP contribution in [-0.2, 0) is 9.53 Å². The molecule has 2 amide bonds. The van der Waals surface area contributed by atoms with Gasteiger partial charge < -0.3 is 19.6 Å². The maximum atomic E-state index is 14.1. The van der Waals surface area contributed by atoms with E-state index in [1.165, 1.54) is 0 Å². The molecule has 228 valence electrons. The predicted molar refractivity (Wildman–Crippen MR) is 161 cm³/mol. The highest BCUT2D eigenvalue weighted by Crippen LogP contribution is 2.41. The van der Waals surface area contributed by atoms with Gasteiger partial charge in [-0.15, -0.1) is 0 Å². The molecule has 6 rings (SSSR count). The molecular weight excluding hydrogens is 546 g/mol. The maximum Gasteiger partial charge on any atom is 0.404 e. The SMILES string of the molecule is COc1ccc([C@H]2CC[C@H](CN(c3cc(-c4coc(C5CC5)n4)ccn3)C(=O)[C@H]3CC[C@H](OC(N)=O)CC3)CC2)nc1C. The first kappa shape index (κ1) is 29.1. The molecular formula is C33H41N5O5. The summed E-state index contributed by atoms with van der Waals surface area (Å²) in [6.45, 7) is 2.60. The lowest BCUT2D eigenvalue weighted by Crippen LogP contribution is -2.42. The monoisotopic (exact) mass is 587 g/mol. The molecule has 3 aromatic heterocycles. The van der Waals surface area contributed by atoms with E-state index in [9.17, 15) is 9.59 Å². The first-order valence-corrected chi connectivity index (χ1v) is 15.6. The summed E-state index contributed by atoms with van der Waals surface area (Å²) >= 11 is 0. The lowest BCUT2D eigenvalue weighted by molar-refractivity contribution is -0.124. The minimum absolute atomic E-state index is 0.0792. The number of anilines is 1. The molecule has 0 spiro atoms. The van der Waals surface area contributed by atoms with Gasteiger partial charge in [0.2, 0.25) is 5.91 Å². The van der Waals surface area contributed by atoms with Gasteiger partial charge in [0.1, 0.15) is 29.6 Å². The quantitative estimate of drug-likeness (QED) is 0.309. The number of aromatic nitrogens is 3. The van der Waals surface area contributed by atoms with Crippen LogP contribution in [0, 0.1) is 18.8 Å². The Labute approximate surface area is 252 Å². The molecule has 0 radical (unpaired) electrons. The summed E-state index contributed by atoms with van der Waals surface area (Å²) in [7, 11) is 1.67. The summed E-state index contributed by atoms with van der Waals surface area (Å²) in [4.78, 5) is 41.5. The first-order valence-electron chi connectivity index (χ1n) is 15.6. The minimum Gasteiger partial charge on any atom is -0.495 e. The van der Waals surface area contributed by atoms with Crippen molar-refractivity contribution in [3.63, 3.8) is 0 Å². The van der Waals surface area contributed by atoms with Gasteiger partial charge >= 0.3 is 6.09 Å². The highest BCUT2D eigenvalue weighted by Gasteiger charge is 2.34. The first-order chi connectivity index (χ1) is 20.9. The fourth-order valence-electron chi connectivity index (χ4n) is 6.68. The third-order valence-corrected chi connectivity index (χ3v) is 9.32. The Morgan fingerprint density at radius 3 is 2.40 bits per heavy atom. The fourth-order valence-corrected chi connectivity index (χ4v) is 6.68. The van der Waals surface area contributed by atoms with E-state index >= 15 is 0 Å². The van der Waals surface area contributed by atoms with Gasteiger partial charge in [-0.2, -0.15) is 0 Å². The molecule has 3 aliphatic rings. The summed E-state index contributed by atoms with van der Waals surface area (Å²) in [5.74, 6) is 3.34. The second kappa shape index (κ2) is 12.7. The van der Waals surface area contributed by atoms with Crippen molar-refractivity contribution in [3.8, 4) is 17.0 Å². The Morgan fingerprint density at radius 1 is 0.977 bits per heavy atom. The van der Waals surface area contributed by atoms with E-state index in [1.807, 2.05) is 30.0 Å². The van der Waals surface area contributed by atoms with Crippen molar-refractivity contribution in [2.45, 2.75) is 89.1 Å². The van der Waals surface area contributed by atoms with E-state index in [0.717, 1.165) is 72.8 Å². The van der Waals surface area contributed by atoms with Gasteiger partial charge in [0.05, 0.1) is 12.8 Å². The Bertz CT molecular complexity index is 1440. The third-order valence-electron chi connectivity index (χ3n) is 9.32. The maximum absolute atomic E-state index is 14.1. The minimum atomic E-state index is -0.759. The van der Waals surface area contributed by atoms with Crippen LogP contribution in [0.25, 0.3) is 11.3 Å². The molecule has 3 aliphatic carbocycles. The van der Waals surface area contributed by atoms with Crippen LogP contribution in [0.3, 0.4) is 0 Å². The number of hydrogen-bond donors (Lipinski definition) is 1. The lowest BCUT2D eigenvalue weighted by atomic mass is 9.79. The fraction of sp³-hybridized carbons (Fsp3) is 0.545. The van der Waals surface area contributed by atoms with Crippen LogP contribution in [0.2, 0.25) is 0 Å². The van der Waals surface area contributed by atoms with E-state index in [2.05, 4.69) is 11.1 Å². The largest absolute Gasteiger partial charge is 0.495 e. The zero-order chi connectivity index (χ0) is 29.9. The number of aryl methyl sites for hydroxylation is 1. The van der Waals surface area contributed by atoms with Gasteiger partial charge in [-0.05, 0) is 101 Å². The highest BCUT2D eigenvalue weighted by molar-refractivity contribution is 5.94. The predicted octanol–water partition coefficient (Wildman–Crippen LogP) is 6.29. The number of oxazole rings is 1. The molecule has 10 nitrogen and oxygen atoms in total. The van der Waals surface area contributed by atoms with Gasteiger partial charge in [0, 0.05) is 41.8 Å². The number of hydrogen-bond acceptors (Lipinski definition) is 8. The normalized spacial score (nSPS) is 23.9. The number of methoxy groups -OCH3 is 1. The Balaban J connectivity index is 1.18. The van der Waals surface area contributed by atoms with Gasteiger partial charge in [0.15, 0.2) is 5.89 Å². The molecule has 0 aliphatic heterocycles. The molecule has 43 heavy (non-hydrogen) atoms. The van der Waals surface area contributed by atoms with Crippen molar-refractivity contribution in [2.24, 2.45) is 17.6 Å². The van der Waals surface area contributed by atoms with Crippen molar-refractivity contribution < 1.29 is 23.5 Å². The van der Waals surface area contributed by atoms with Gasteiger partial charge in [-0.25, -0.2) is 14.8 Å². The highest BCUT2D eigenvalue weighted by atomic mass is 16.6. The van der Waals surface area contributed by atoms with Gasteiger partial charge in [-0.1, -0.05) is 0 Å². The third kappa shape index (κ3) is 6.84. The van der Waals surface area contributed by atoms with Crippen LogP contribution in [0.5, 0.6) is 5.75 Å². The summed E-state index contributed by atoms with van der Waals surface area (Å²) < 4.78 is 16.4. The van der Waals surface area contributed by atoms with Gasteiger partial charge in [0.25, 0.3) is 0 Å². The number of carbonyl (C=O) groups is 2. The van der Waals surface area contributed by atoms with Crippen molar-refractivity contribution in [3.05, 3.63) is 54.0 Å². The molecule has 0 unspecified atom stereocenters. The number of primary amides is 1. The smallest absolute Gasteiger partial charge is 0.404 e. The Hall–Kier alpha value is -3.95. The van der Waals surface area contributed by atoms with E-state index < -0.39 is 6.09 Å². The van der Waals surface area contributed by atoms with Crippen molar-refractivity contribution in [2.75, 3.05) is 18.6 Å². The van der Waals surface area contributed by atoms with E-state index in [4.69, 9.17) is 29.6 Å². The average Bonchev–Trinajstić information content (AvgIpc) is 3.76. The molecule has 2 N–H and O–H groups in total. The molecule has 0 bridgehead atoms. The second-order valence-electron chi connectivity index (χ2n) is 12.3. The molecule has 3 fully saturated rings. The molecule has 10 heteroatoms. The number of nitrogens with two attached hydrogens (primary N) is 1. The zero-order valence-corrected chi connectivity index (χ0v) is 25.0. The number of pyridine rings is 2. The summed E-state index contributed by atoms with van der Waals surface area (Å²) in [6.07, 6.45) is 11.3.